The molecule has 0 fully saturated rings. The largest absolute Gasteiger partial charge is 0.477 e. The predicted molar refractivity (Wildman–Crippen MR) is 68.6 cm³/mol. The number of hydrogen-bond donors (Lipinski definition) is 2. The molecule has 0 saturated heterocycles. The van der Waals surface area contributed by atoms with E-state index in [0.29, 0.717) is 10.9 Å². The minimum atomic E-state index is -1.22. The fourth-order valence-corrected chi connectivity index (χ4v) is 2.32. The van der Waals surface area contributed by atoms with Crippen LogP contribution >= 0.6 is 15.9 Å². The Morgan fingerprint density at radius 3 is 2.71 bits per heavy atom. The van der Waals surface area contributed by atoms with E-state index in [0.717, 1.165) is 16.5 Å². The fraction of sp³-hybridized carbons (Fsp3) is 0.167. The Balaban J connectivity index is 2.87. The summed E-state index contributed by atoms with van der Waals surface area (Å²) in [6.45, 7) is 1.98. The van der Waals surface area contributed by atoms with Crippen LogP contribution < -0.4 is 5.56 Å². The molecule has 0 radical (unpaired) electrons. The highest BCUT2D eigenvalue weighted by Crippen LogP contribution is 2.23. The van der Waals surface area contributed by atoms with E-state index < -0.39 is 11.5 Å². The van der Waals surface area contributed by atoms with Crippen molar-refractivity contribution >= 4 is 32.8 Å². The van der Waals surface area contributed by atoms with Gasteiger partial charge in [0.15, 0.2) is 0 Å². The Bertz CT molecular complexity index is 661. The second-order valence-electron chi connectivity index (χ2n) is 3.70. The zero-order valence-electron chi connectivity index (χ0n) is 9.08. The molecule has 0 amide bonds. The number of halogens is 1. The zero-order chi connectivity index (χ0) is 12.6. The van der Waals surface area contributed by atoms with Gasteiger partial charge in [0.2, 0.25) is 0 Å². The standard InChI is InChI=1S/C12H10BrNO3/c1-2-6-3-8(13)4-7-5-9(12(16)17)11(15)14-10(6)7/h3-5H,2H2,1H3,(H,14,15)(H,16,17). The summed E-state index contributed by atoms with van der Waals surface area (Å²) in [6.07, 6.45) is 0.762. The first-order valence-corrected chi connectivity index (χ1v) is 5.91. The lowest BCUT2D eigenvalue weighted by atomic mass is 10.1. The van der Waals surface area contributed by atoms with Crippen molar-refractivity contribution in [2.75, 3.05) is 0 Å². The molecule has 5 heteroatoms. The van der Waals surface area contributed by atoms with E-state index >= 15 is 0 Å². The number of H-pyrrole nitrogens is 1. The highest BCUT2D eigenvalue weighted by Gasteiger charge is 2.11. The lowest BCUT2D eigenvalue weighted by Gasteiger charge is -2.06. The summed E-state index contributed by atoms with van der Waals surface area (Å²) in [4.78, 5) is 25.1. The monoisotopic (exact) mass is 295 g/mol. The van der Waals surface area contributed by atoms with Gasteiger partial charge in [0.05, 0.1) is 5.52 Å². The van der Waals surface area contributed by atoms with Crippen LogP contribution in [0.5, 0.6) is 0 Å². The third kappa shape index (κ3) is 2.10. The van der Waals surface area contributed by atoms with Gasteiger partial charge in [-0.15, -0.1) is 0 Å². The van der Waals surface area contributed by atoms with Crippen LogP contribution in [0.1, 0.15) is 22.8 Å². The Morgan fingerprint density at radius 2 is 2.12 bits per heavy atom. The molecule has 1 aromatic carbocycles. The van der Waals surface area contributed by atoms with Crippen molar-refractivity contribution < 1.29 is 9.90 Å². The van der Waals surface area contributed by atoms with Crippen molar-refractivity contribution in [1.29, 1.82) is 0 Å². The van der Waals surface area contributed by atoms with Gasteiger partial charge >= 0.3 is 5.97 Å². The summed E-state index contributed by atoms with van der Waals surface area (Å²) in [7, 11) is 0. The molecule has 2 rings (SSSR count). The number of hydrogen-bond acceptors (Lipinski definition) is 2. The molecule has 4 nitrogen and oxygen atoms in total. The van der Waals surface area contributed by atoms with Crippen molar-refractivity contribution in [1.82, 2.24) is 4.98 Å². The van der Waals surface area contributed by atoms with Crippen molar-refractivity contribution in [2.24, 2.45) is 0 Å². The Labute approximate surface area is 105 Å². The van der Waals surface area contributed by atoms with Gasteiger partial charge in [-0.05, 0) is 30.2 Å². The summed E-state index contributed by atoms with van der Waals surface area (Å²) in [5.74, 6) is -1.22. The summed E-state index contributed by atoms with van der Waals surface area (Å²) in [5.41, 5.74) is 0.869. The summed E-state index contributed by atoms with van der Waals surface area (Å²) >= 11 is 3.36. The number of aryl methyl sites for hydroxylation is 1. The molecule has 0 saturated carbocycles. The molecular formula is C12H10BrNO3. The Hall–Kier alpha value is -1.62. The molecule has 0 spiro atoms. The zero-order valence-corrected chi connectivity index (χ0v) is 10.7. The lowest BCUT2D eigenvalue weighted by molar-refractivity contribution is 0.0695. The molecule has 0 aliphatic heterocycles. The summed E-state index contributed by atoms with van der Waals surface area (Å²) in [5, 5.41) is 9.61. The van der Waals surface area contributed by atoms with Crippen LogP contribution in [-0.2, 0) is 6.42 Å². The first-order chi connectivity index (χ1) is 8.02. The van der Waals surface area contributed by atoms with E-state index in [1.165, 1.54) is 6.07 Å². The molecule has 0 atom stereocenters. The van der Waals surface area contributed by atoms with Gasteiger partial charge in [-0.25, -0.2) is 4.79 Å². The number of aromatic nitrogens is 1. The maximum atomic E-state index is 11.6. The average Bonchev–Trinajstić information content (AvgIpc) is 2.27. The number of aromatic carboxylic acids is 1. The third-order valence-electron chi connectivity index (χ3n) is 2.61. The van der Waals surface area contributed by atoms with Crippen molar-refractivity contribution in [3.63, 3.8) is 0 Å². The van der Waals surface area contributed by atoms with Crippen LogP contribution in [0, 0.1) is 0 Å². The van der Waals surface area contributed by atoms with Crippen LogP contribution in [0.2, 0.25) is 0 Å². The minimum absolute atomic E-state index is 0.238. The van der Waals surface area contributed by atoms with Crippen molar-refractivity contribution in [3.8, 4) is 0 Å². The maximum absolute atomic E-state index is 11.6. The minimum Gasteiger partial charge on any atom is -0.477 e. The van der Waals surface area contributed by atoms with E-state index in [-0.39, 0.29) is 5.56 Å². The highest BCUT2D eigenvalue weighted by atomic mass is 79.9. The van der Waals surface area contributed by atoms with Gasteiger partial charge in [-0.3, -0.25) is 4.79 Å². The van der Waals surface area contributed by atoms with E-state index in [2.05, 4.69) is 20.9 Å². The van der Waals surface area contributed by atoms with Crippen molar-refractivity contribution in [2.45, 2.75) is 13.3 Å². The van der Waals surface area contributed by atoms with Gasteiger partial charge in [0.25, 0.3) is 5.56 Å². The van der Waals surface area contributed by atoms with Crippen LogP contribution in [0.4, 0.5) is 0 Å². The summed E-state index contributed by atoms with van der Waals surface area (Å²) in [6, 6.07) is 5.11. The van der Waals surface area contributed by atoms with Gasteiger partial charge in [0.1, 0.15) is 5.56 Å². The second-order valence-corrected chi connectivity index (χ2v) is 4.62. The molecule has 2 aromatic rings. The molecule has 2 N–H and O–H groups in total. The van der Waals surface area contributed by atoms with Crippen molar-refractivity contribution in [3.05, 3.63) is 44.2 Å². The van der Waals surface area contributed by atoms with E-state index in [4.69, 9.17) is 5.11 Å². The normalized spacial score (nSPS) is 10.7. The number of carboxylic acid groups (broad SMARTS) is 1. The molecule has 17 heavy (non-hydrogen) atoms. The molecule has 0 aliphatic carbocycles. The molecule has 1 heterocycles. The van der Waals surface area contributed by atoms with Gasteiger partial charge in [-0.2, -0.15) is 0 Å². The first-order valence-electron chi connectivity index (χ1n) is 5.11. The van der Waals surface area contributed by atoms with Crippen LogP contribution in [0.25, 0.3) is 10.9 Å². The number of carbonyl (C=O) groups is 1. The third-order valence-corrected chi connectivity index (χ3v) is 3.07. The maximum Gasteiger partial charge on any atom is 0.341 e. The topological polar surface area (TPSA) is 70.2 Å². The van der Waals surface area contributed by atoms with Gasteiger partial charge in [-0.1, -0.05) is 22.9 Å². The van der Waals surface area contributed by atoms with E-state index in [1.807, 2.05) is 13.0 Å². The summed E-state index contributed by atoms with van der Waals surface area (Å²) < 4.78 is 0.866. The number of nitrogens with one attached hydrogen (secondary N) is 1. The fourth-order valence-electron chi connectivity index (χ4n) is 1.79. The van der Waals surface area contributed by atoms with Gasteiger partial charge < -0.3 is 10.1 Å². The number of pyridine rings is 1. The molecular weight excluding hydrogens is 286 g/mol. The quantitative estimate of drug-likeness (QED) is 0.894. The van der Waals surface area contributed by atoms with Crippen LogP contribution in [0.3, 0.4) is 0 Å². The number of fused-ring (bicyclic) bond motifs is 1. The Kier molecular flexibility index (Phi) is 3.02. The number of benzene rings is 1. The first kappa shape index (κ1) is 11.9. The van der Waals surface area contributed by atoms with E-state index in [1.54, 1.807) is 6.07 Å². The average molecular weight is 296 g/mol. The highest BCUT2D eigenvalue weighted by molar-refractivity contribution is 9.10. The molecule has 0 aliphatic rings. The number of aromatic amines is 1. The Morgan fingerprint density at radius 1 is 1.41 bits per heavy atom. The molecule has 1 aromatic heterocycles. The molecule has 0 unspecified atom stereocenters. The molecule has 0 bridgehead atoms. The van der Waals surface area contributed by atoms with E-state index in [9.17, 15) is 9.59 Å². The SMILES string of the molecule is CCc1cc(Br)cc2cc(C(=O)O)c(=O)[nH]c12. The molecule has 88 valence electrons. The van der Waals surface area contributed by atoms with Gasteiger partial charge in [0, 0.05) is 9.86 Å². The number of rotatable bonds is 2. The van der Waals surface area contributed by atoms with Crippen LogP contribution in [0.15, 0.2) is 27.5 Å². The number of carboxylic acids is 1. The lowest BCUT2D eigenvalue weighted by Crippen LogP contribution is -2.17. The predicted octanol–water partition coefficient (Wildman–Crippen LogP) is 2.55. The second kappa shape index (κ2) is 4.33. The smallest absolute Gasteiger partial charge is 0.341 e. The van der Waals surface area contributed by atoms with Crippen LogP contribution in [-0.4, -0.2) is 16.1 Å².